The van der Waals surface area contributed by atoms with E-state index in [1.807, 2.05) is 37.4 Å². The maximum absolute atomic E-state index is 13.8. The lowest BCUT2D eigenvalue weighted by Gasteiger charge is -2.39. The van der Waals surface area contributed by atoms with Crippen molar-refractivity contribution in [2.45, 2.75) is 37.8 Å². The average molecular weight is 489 g/mol. The van der Waals surface area contributed by atoms with E-state index in [1.165, 1.54) is 4.90 Å². The van der Waals surface area contributed by atoms with Crippen LogP contribution in [0.5, 0.6) is 0 Å². The first-order valence-corrected chi connectivity index (χ1v) is 12.1. The number of carbonyl (C=O) groups is 2. The first kappa shape index (κ1) is 25.2. The minimum atomic E-state index is -1.47. The molecule has 1 aliphatic rings. The lowest BCUT2D eigenvalue weighted by Crippen LogP contribution is -2.55. The van der Waals surface area contributed by atoms with E-state index >= 15 is 0 Å². The Morgan fingerprint density at radius 3 is 2.44 bits per heavy atom. The van der Waals surface area contributed by atoms with Gasteiger partial charge in [-0.15, -0.1) is 0 Å². The highest BCUT2D eigenvalue weighted by Crippen LogP contribution is 2.35. The third-order valence-electron chi connectivity index (χ3n) is 7.22. The van der Waals surface area contributed by atoms with Crippen LogP contribution >= 0.6 is 0 Å². The van der Waals surface area contributed by atoms with E-state index in [0.717, 1.165) is 18.4 Å². The lowest BCUT2D eigenvalue weighted by atomic mass is 9.88. The van der Waals surface area contributed by atoms with Gasteiger partial charge < -0.3 is 19.9 Å². The number of nitriles is 1. The van der Waals surface area contributed by atoms with E-state index in [2.05, 4.69) is 6.07 Å². The van der Waals surface area contributed by atoms with Crippen molar-refractivity contribution in [2.24, 2.45) is 12.8 Å². The Morgan fingerprint density at radius 2 is 1.83 bits per heavy atom. The highest BCUT2D eigenvalue weighted by molar-refractivity contribution is 5.92. The molecule has 9 heteroatoms. The fourth-order valence-electron chi connectivity index (χ4n) is 4.89. The van der Waals surface area contributed by atoms with Crippen molar-refractivity contribution in [3.05, 3.63) is 65.5 Å². The van der Waals surface area contributed by atoms with Crippen LogP contribution in [0.1, 0.15) is 43.6 Å². The smallest absolute Gasteiger partial charge is 0.410 e. The number of hydrogen-bond acceptors (Lipinski definition) is 6. The minimum Gasteiger partial charge on any atom is -0.450 e. The number of fused-ring (bicyclic) bond motifs is 1. The van der Waals surface area contributed by atoms with Crippen LogP contribution in [0.2, 0.25) is 0 Å². The molecule has 2 amide bonds. The third kappa shape index (κ3) is 3.97. The molecule has 2 N–H and O–H groups in total. The summed E-state index contributed by atoms with van der Waals surface area (Å²) in [4.78, 5) is 34.5. The van der Waals surface area contributed by atoms with Crippen LogP contribution in [0.15, 0.2) is 48.5 Å². The van der Waals surface area contributed by atoms with Crippen LogP contribution in [0.3, 0.4) is 0 Å². The highest BCUT2D eigenvalue weighted by Gasteiger charge is 2.46. The second-order valence-corrected chi connectivity index (χ2v) is 9.31. The molecule has 1 aliphatic heterocycles. The molecule has 0 aliphatic carbocycles. The zero-order valence-electron chi connectivity index (χ0n) is 21.2. The predicted octanol–water partition coefficient (Wildman–Crippen LogP) is 3.23. The number of carbonyl (C=O) groups excluding carboxylic acids is 2. The van der Waals surface area contributed by atoms with Crippen LogP contribution < -0.4 is 5.73 Å². The molecule has 2 unspecified atom stereocenters. The number of nitrogens with two attached hydrogens (primary N) is 1. The number of imidazole rings is 1. The van der Waals surface area contributed by atoms with Crippen molar-refractivity contribution >= 4 is 23.0 Å². The van der Waals surface area contributed by atoms with Gasteiger partial charge in [-0.05, 0) is 49.9 Å². The van der Waals surface area contributed by atoms with Crippen molar-refractivity contribution < 1.29 is 14.3 Å². The third-order valence-corrected chi connectivity index (χ3v) is 7.22. The number of aromatic nitrogens is 2. The molecule has 3 aromatic rings. The summed E-state index contributed by atoms with van der Waals surface area (Å²) in [5, 5.41) is 10.1. The molecule has 4 rings (SSSR count). The van der Waals surface area contributed by atoms with Crippen LogP contribution in [0, 0.1) is 11.3 Å². The summed E-state index contributed by atoms with van der Waals surface area (Å²) < 4.78 is 7.04. The average Bonchev–Trinajstić information content (AvgIpc) is 3.56. The molecule has 9 nitrogen and oxygen atoms in total. The SMILES string of the molecule is CCOC(=O)N(C)C(C)(C(=O)N1CCCC1)c1ccc2c(c1)nc(C(N)(C#N)c1ccccc1)n2C. The summed E-state index contributed by atoms with van der Waals surface area (Å²) in [7, 11) is 3.39. The normalized spacial score (nSPS) is 16.7. The lowest BCUT2D eigenvalue weighted by molar-refractivity contribution is -0.141. The van der Waals surface area contributed by atoms with E-state index in [-0.39, 0.29) is 12.5 Å². The molecule has 188 valence electrons. The molecule has 0 bridgehead atoms. The summed E-state index contributed by atoms with van der Waals surface area (Å²) in [6.07, 6.45) is 1.28. The van der Waals surface area contributed by atoms with Gasteiger partial charge in [0.15, 0.2) is 5.54 Å². The van der Waals surface area contributed by atoms with Crippen molar-refractivity contribution in [3.8, 4) is 6.07 Å². The molecule has 0 saturated carbocycles. The Bertz CT molecular complexity index is 1320. The maximum Gasteiger partial charge on any atom is 0.410 e. The second-order valence-electron chi connectivity index (χ2n) is 9.31. The van der Waals surface area contributed by atoms with Crippen molar-refractivity contribution in [1.29, 1.82) is 5.26 Å². The summed E-state index contributed by atoms with van der Waals surface area (Å²) in [6.45, 7) is 4.97. The second kappa shape index (κ2) is 9.63. The van der Waals surface area contributed by atoms with E-state index in [1.54, 1.807) is 48.6 Å². The fraction of sp³-hybridized carbons (Fsp3) is 0.407. The van der Waals surface area contributed by atoms with E-state index < -0.39 is 17.2 Å². The number of likely N-dealkylation sites (tertiary alicyclic amines) is 1. The molecule has 1 fully saturated rings. The zero-order valence-corrected chi connectivity index (χ0v) is 21.2. The number of aryl methyl sites for hydroxylation is 1. The van der Waals surface area contributed by atoms with Gasteiger partial charge in [0.05, 0.1) is 23.7 Å². The van der Waals surface area contributed by atoms with Crippen molar-refractivity contribution in [3.63, 3.8) is 0 Å². The van der Waals surface area contributed by atoms with E-state index in [9.17, 15) is 14.9 Å². The van der Waals surface area contributed by atoms with Gasteiger partial charge in [0.2, 0.25) is 0 Å². The molecule has 36 heavy (non-hydrogen) atoms. The molecule has 2 atom stereocenters. The number of hydrogen-bond donors (Lipinski definition) is 1. The number of benzene rings is 2. The van der Waals surface area contributed by atoms with Crippen LogP contribution in [-0.4, -0.2) is 58.1 Å². The Hall–Kier alpha value is -3.90. The maximum atomic E-state index is 13.8. The van der Waals surface area contributed by atoms with Gasteiger partial charge in [0, 0.05) is 27.2 Å². The summed E-state index contributed by atoms with van der Waals surface area (Å²) in [5.41, 5.74) is 6.39. The van der Waals surface area contributed by atoms with E-state index in [4.69, 9.17) is 15.5 Å². The Kier molecular flexibility index (Phi) is 6.74. The van der Waals surface area contributed by atoms with Crippen LogP contribution in [0.4, 0.5) is 4.79 Å². The quantitative estimate of drug-likeness (QED) is 0.569. The van der Waals surface area contributed by atoms with E-state index in [0.29, 0.717) is 35.6 Å². The Labute approximate surface area is 211 Å². The largest absolute Gasteiger partial charge is 0.450 e. The van der Waals surface area contributed by atoms with Gasteiger partial charge in [0.1, 0.15) is 11.4 Å². The Morgan fingerprint density at radius 1 is 1.17 bits per heavy atom. The minimum absolute atomic E-state index is 0.166. The molecule has 1 saturated heterocycles. The first-order valence-electron chi connectivity index (χ1n) is 12.1. The Balaban J connectivity index is 1.85. The highest BCUT2D eigenvalue weighted by atomic mass is 16.6. The molecule has 0 radical (unpaired) electrons. The van der Waals surface area contributed by atoms with Crippen LogP contribution in [-0.2, 0) is 27.7 Å². The number of nitrogens with zero attached hydrogens (tertiary/aromatic N) is 5. The standard InChI is InChI=1S/C27H32N6O3/c1-5-36-25(35)32(4)26(2,24(34)33-15-9-10-16-33)20-13-14-22-21(17-20)30-23(31(22)3)27(29,18-28)19-11-7-6-8-12-19/h6-8,11-14,17H,5,9-10,15-16,29H2,1-4H3. The van der Waals surface area contributed by atoms with Crippen LogP contribution in [0.25, 0.3) is 11.0 Å². The topological polar surface area (TPSA) is 117 Å². The zero-order chi connectivity index (χ0) is 26.1. The molecule has 2 heterocycles. The monoisotopic (exact) mass is 488 g/mol. The van der Waals surface area contributed by atoms with Gasteiger partial charge in [-0.3, -0.25) is 9.69 Å². The summed E-state index contributed by atoms with van der Waals surface area (Å²) in [6, 6.07) is 16.8. The number of amides is 2. The van der Waals surface area contributed by atoms with Gasteiger partial charge in [-0.25, -0.2) is 9.78 Å². The van der Waals surface area contributed by atoms with Gasteiger partial charge >= 0.3 is 6.09 Å². The molecule has 1 aromatic heterocycles. The number of likely N-dealkylation sites (N-methyl/N-ethyl adjacent to an activating group) is 1. The van der Waals surface area contributed by atoms with Crippen molar-refractivity contribution in [1.82, 2.24) is 19.4 Å². The number of ether oxygens (including phenoxy) is 1. The molecular formula is C27H32N6O3. The molecular weight excluding hydrogens is 456 g/mol. The molecule has 2 aromatic carbocycles. The summed E-state index contributed by atoms with van der Waals surface area (Å²) in [5.74, 6) is 0.218. The summed E-state index contributed by atoms with van der Waals surface area (Å²) >= 11 is 0. The van der Waals surface area contributed by atoms with Gasteiger partial charge in [-0.2, -0.15) is 5.26 Å². The fourth-order valence-corrected chi connectivity index (χ4v) is 4.89. The molecule has 0 spiro atoms. The van der Waals surface area contributed by atoms with Crippen molar-refractivity contribution in [2.75, 3.05) is 26.7 Å². The first-order chi connectivity index (χ1) is 17.2. The van der Waals surface area contributed by atoms with Gasteiger partial charge in [-0.1, -0.05) is 36.4 Å². The number of rotatable bonds is 6. The predicted molar refractivity (Wildman–Crippen MR) is 136 cm³/mol. The van der Waals surface area contributed by atoms with Gasteiger partial charge in [0.25, 0.3) is 5.91 Å².